The SMILES string of the molecule is C=CCC1(CC=C)C([C]2[CH][CH][CH][CH]2)=C1[C]1[CH][CH][CH][CH]1. The first-order chi connectivity index (χ1) is 9.33. The van der Waals surface area contributed by atoms with Gasteiger partial charge in [0.25, 0.3) is 0 Å². The summed E-state index contributed by atoms with van der Waals surface area (Å²) in [5.74, 6) is 2.69. The molecule has 0 N–H and O–H groups in total. The fraction of sp³-hybridized carbons (Fsp3) is 0.158. The Morgan fingerprint density at radius 2 is 1.11 bits per heavy atom. The van der Waals surface area contributed by atoms with Gasteiger partial charge in [0.2, 0.25) is 0 Å². The molecular formula is C19H18. The molecule has 0 atom stereocenters. The Hall–Kier alpha value is -0.780. The summed E-state index contributed by atoms with van der Waals surface area (Å²) in [6.45, 7) is 7.88. The Morgan fingerprint density at radius 1 is 0.737 bits per heavy atom. The summed E-state index contributed by atoms with van der Waals surface area (Å²) >= 11 is 0. The smallest absolute Gasteiger partial charge is 0.0208 e. The van der Waals surface area contributed by atoms with Crippen LogP contribution in [-0.2, 0) is 0 Å². The first kappa shape index (κ1) is 13.2. The molecule has 0 bridgehead atoms. The first-order valence-corrected chi connectivity index (χ1v) is 6.74. The van der Waals surface area contributed by atoms with E-state index in [1.54, 1.807) is 0 Å². The highest BCUT2D eigenvalue weighted by Gasteiger charge is 2.56. The van der Waals surface area contributed by atoms with Gasteiger partial charge in [-0.2, -0.15) is 0 Å². The highest BCUT2D eigenvalue weighted by molar-refractivity contribution is 5.74. The third-order valence-corrected chi connectivity index (χ3v) is 4.03. The fourth-order valence-corrected chi connectivity index (χ4v) is 3.27. The zero-order valence-corrected chi connectivity index (χ0v) is 11.1. The van der Waals surface area contributed by atoms with Crippen LogP contribution in [0.2, 0.25) is 0 Å². The van der Waals surface area contributed by atoms with Gasteiger partial charge in [-0.15, -0.1) is 13.2 Å². The molecule has 0 amide bonds. The second-order valence-electron chi connectivity index (χ2n) is 5.16. The van der Waals surface area contributed by atoms with Gasteiger partial charge in [-0.1, -0.05) is 23.3 Å². The van der Waals surface area contributed by atoms with Crippen LogP contribution in [0.15, 0.2) is 36.5 Å². The molecule has 94 valence electrons. The van der Waals surface area contributed by atoms with Crippen LogP contribution in [0.5, 0.6) is 0 Å². The van der Waals surface area contributed by atoms with E-state index < -0.39 is 0 Å². The molecule has 0 aromatic rings. The summed E-state index contributed by atoms with van der Waals surface area (Å²) in [6.07, 6.45) is 23.3. The van der Waals surface area contributed by atoms with Crippen molar-refractivity contribution in [1.82, 2.24) is 0 Å². The quantitative estimate of drug-likeness (QED) is 0.615. The van der Waals surface area contributed by atoms with Crippen LogP contribution < -0.4 is 0 Å². The number of hydrogen-bond acceptors (Lipinski definition) is 0. The maximum absolute atomic E-state index is 3.94. The normalized spacial score (nSPS) is 26.9. The molecular weight excluding hydrogens is 228 g/mol. The van der Waals surface area contributed by atoms with E-state index in [-0.39, 0.29) is 5.41 Å². The van der Waals surface area contributed by atoms with Gasteiger partial charge < -0.3 is 0 Å². The lowest BCUT2D eigenvalue weighted by Gasteiger charge is -2.20. The van der Waals surface area contributed by atoms with Gasteiger partial charge in [0, 0.05) is 17.3 Å². The fourth-order valence-electron chi connectivity index (χ4n) is 3.27. The van der Waals surface area contributed by atoms with Gasteiger partial charge in [-0.25, -0.2) is 0 Å². The minimum Gasteiger partial charge on any atom is -0.103 e. The van der Waals surface area contributed by atoms with Crippen molar-refractivity contribution >= 4 is 0 Å². The van der Waals surface area contributed by atoms with Crippen LogP contribution in [-0.4, -0.2) is 0 Å². The Bertz CT molecular complexity index is 348. The summed E-state index contributed by atoms with van der Waals surface area (Å²) in [6, 6.07) is 0. The van der Waals surface area contributed by atoms with Crippen molar-refractivity contribution in [3.63, 3.8) is 0 Å². The highest BCUT2D eigenvalue weighted by Crippen LogP contribution is 2.68. The van der Waals surface area contributed by atoms with Crippen molar-refractivity contribution in [3.05, 3.63) is 99.7 Å². The van der Waals surface area contributed by atoms with Crippen LogP contribution in [0.3, 0.4) is 0 Å². The van der Waals surface area contributed by atoms with Gasteiger partial charge in [0.05, 0.1) is 0 Å². The number of allylic oxidation sites excluding steroid dienone is 4. The van der Waals surface area contributed by atoms with E-state index >= 15 is 0 Å². The maximum Gasteiger partial charge on any atom is 0.0208 e. The van der Waals surface area contributed by atoms with E-state index in [9.17, 15) is 0 Å². The van der Waals surface area contributed by atoms with E-state index in [4.69, 9.17) is 0 Å². The summed E-state index contributed by atoms with van der Waals surface area (Å²) < 4.78 is 0. The topological polar surface area (TPSA) is 0 Å². The van der Waals surface area contributed by atoms with Crippen molar-refractivity contribution in [2.45, 2.75) is 12.8 Å². The van der Waals surface area contributed by atoms with Crippen LogP contribution in [0.4, 0.5) is 0 Å². The summed E-state index contributed by atoms with van der Waals surface area (Å²) in [7, 11) is 0. The molecule has 3 rings (SSSR count). The van der Waals surface area contributed by atoms with E-state index in [0.29, 0.717) is 0 Å². The average Bonchev–Trinajstić information content (AvgIpc) is 2.92. The van der Waals surface area contributed by atoms with Gasteiger partial charge in [0.15, 0.2) is 0 Å². The zero-order valence-electron chi connectivity index (χ0n) is 11.1. The molecule has 2 saturated carbocycles. The lowest BCUT2D eigenvalue weighted by Crippen LogP contribution is -2.10. The Balaban J connectivity index is 1.86. The van der Waals surface area contributed by atoms with Crippen molar-refractivity contribution in [1.29, 1.82) is 0 Å². The molecule has 10 radical (unpaired) electrons. The van der Waals surface area contributed by atoms with Crippen LogP contribution >= 0.6 is 0 Å². The molecule has 19 heavy (non-hydrogen) atoms. The number of hydrogen-bond donors (Lipinski definition) is 0. The van der Waals surface area contributed by atoms with E-state index in [2.05, 4.69) is 64.5 Å². The van der Waals surface area contributed by atoms with Crippen LogP contribution in [0.25, 0.3) is 0 Å². The largest absolute Gasteiger partial charge is 0.103 e. The summed E-state index contributed by atoms with van der Waals surface area (Å²) in [4.78, 5) is 0. The van der Waals surface area contributed by atoms with E-state index in [1.165, 1.54) is 23.0 Å². The van der Waals surface area contributed by atoms with Crippen molar-refractivity contribution in [2.24, 2.45) is 5.41 Å². The number of rotatable bonds is 6. The zero-order chi connectivity index (χ0) is 13.3. The second-order valence-corrected chi connectivity index (χ2v) is 5.16. The molecule has 0 heterocycles. The van der Waals surface area contributed by atoms with E-state index in [0.717, 1.165) is 12.8 Å². The predicted octanol–water partition coefficient (Wildman–Crippen LogP) is 4.25. The molecule has 2 fully saturated rings. The molecule has 0 saturated heterocycles. The monoisotopic (exact) mass is 246 g/mol. The Kier molecular flexibility index (Phi) is 3.69. The molecule has 0 aliphatic heterocycles. The summed E-state index contributed by atoms with van der Waals surface area (Å²) in [5, 5.41) is 0. The minimum atomic E-state index is 0.131. The van der Waals surface area contributed by atoms with Gasteiger partial charge in [0.1, 0.15) is 0 Å². The molecule has 3 aliphatic carbocycles. The maximum atomic E-state index is 3.94. The lowest BCUT2D eigenvalue weighted by atomic mass is 9.82. The third-order valence-electron chi connectivity index (χ3n) is 4.03. The molecule has 0 aromatic carbocycles. The van der Waals surface area contributed by atoms with Crippen molar-refractivity contribution < 1.29 is 0 Å². The van der Waals surface area contributed by atoms with Crippen molar-refractivity contribution in [3.8, 4) is 0 Å². The van der Waals surface area contributed by atoms with Gasteiger partial charge in [-0.05, 0) is 64.2 Å². The average molecular weight is 246 g/mol. The molecule has 0 spiro atoms. The molecule has 0 aromatic heterocycles. The first-order valence-electron chi connectivity index (χ1n) is 6.74. The van der Waals surface area contributed by atoms with Crippen LogP contribution in [0.1, 0.15) is 12.8 Å². The van der Waals surface area contributed by atoms with E-state index in [1.807, 2.05) is 12.2 Å². The second kappa shape index (κ2) is 5.31. The lowest BCUT2D eigenvalue weighted by molar-refractivity contribution is 0.547. The Morgan fingerprint density at radius 3 is 1.42 bits per heavy atom. The molecule has 0 nitrogen and oxygen atoms in total. The molecule has 0 heteroatoms. The molecule has 3 aliphatic rings. The van der Waals surface area contributed by atoms with Crippen LogP contribution in [0, 0.1) is 68.6 Å². The standard InChI is InChI=1S/C19H18/c1-3-13-19(14-4-2)17(15-9-5-6-10-15)18(19)16-11-7-8-12-16/h3-12H,1-2,13-14H2. The highest BCUT2D eigenvalue weighted by atomic mass is 14.6. The van der Waals surface area contributed by atoms with Gasteiger partial charge >= 0.3 is 0 Å². The predicted molar refractivity (Wildman–Crippen MR) is 80.0 cm³/mol. The minimum absolute atomic E-state index is 0.131. The third kappa shape index (κ3) is 2.14. The van der Waals surface area contributed by atoms with Crippen molar-refractivity contribution in [2.75, 3.05) is 0 Å². The summed E-state index contributed by atoms with van der Waals surface area (Å²) in [5.41, 5.74) is 3.08. The van der Waals surface area contributed by atoms with Gasteiger partial charge in [-0.3, -0.25) is 0 Å². The Labute approximate surface area is 118 Å². The molecule has 0 unspecified atom stereocenters.